The van der Waals surface area contributed by atoms with Crippen LogP contribution in [0.2, 0.25) is 0 Å². The number of ether oxygens (including phenoxy) is 1. The molecule has 0 bridgehead atoms. The smallest absolute Gasteiger partial charge is 0.263 e. The summed E-state index contributed by atoms with van der Waals surface area (Å²) in [5.74, 6) is -0.404. The van der Waals surface area contributed by atoms with E-state index in [1.54, 1.807) is 30.1 Å². The molecule has 21 heavy (non-hydrogen) atoms. The van der Waals surface area contributed by atoms with Crippen molar-refractivity contribution in [2.75, 3.05) is 20.1 Å². The first-order valence-corrected chi connectivity index (χ1v) is 7.02. The lowest BCUT2D eigenvalue weighted by atomic mass is 10.2. The standard InChI is InChI=1S/C15H21FN2O2.ClH/c1-3-13(20-14-7-5-4-6-12(14)16)15(19)18(2)11-8-9-17-10-11;/h4-7,11,13,17H,3,8-10H2,1-2H3;1H. The van der Waals surface area contributed by atoms with Gasteiger partial charge in [0.2, 0.25) is 0 Å². The van der Waals surface area contributed by atoms with E-state index in [0.29, 0.717) is 6.42 Å². The van der Waals surface area contributed by atoms with Gasteiger partial charge < -0.3 is 15.0 Å². The van der Waals surface area contributed by atoms with Gasteiger partial charge in [-0.25, -0.2) is 4.39 Å². The van der Waals surface area contributed by atoms with E-state index >= 15 is 0 Å². The van der Waals surface area contributed by atoms with Gasteiger partial charge in [-0.15, -0.1) is 12.4 Å². The van der Waals surface area contributed by atoms with Crippen molar-refractivity contribution in [2.24, 2.45) is 0 Å². The fourth-order valence-corrected chi connectivity index (χ4v) is 2.38. The molecule has 4 nitrogen and oxygen atoms in total. The van der Waals surface area contributed by atoms with E-state index in [2.05, 4.69) is 5.32 Å². The quantitative estimate of drug-likeness (QED) is 0.905. The second-order valence-electron chi connectivity index (χ2n) is 5.04. The molecule has 2 atom stereocenters. The molecule has 0 saturated carbocycles. The minimum atomic E-state index is -0.641. The maximum Gasteiger partial charge on any atom is 0.263 e. The number of nitrogens with zero attached hydrogens (tertiary/aromatic N) is 1. The summed E-state index contributed by atoms with van der Waals surface area (Å²) in [4.78, 5) is 14.1. The molecule has 2 rings (SSSR count). The van der Waals surface area contributed by atoms with E-state index in [-0.39, 0.29) is 30.1 Å². The van der Waals surface area contributed by atoms with Crippen molar-refractivity contribution in [3.63, 3.8) is 0 Å². The zero-order valence-electron chi connectivity index (χ0n) is 12.3. The van der Waals surface area contributed by atoms with Gasteiger partial charge in [0.05, 0.1) is 0 Å². The Labute approximate surface area is 131 Å². The van der Waals surface area contributed by atoms with Crippen molar-refractivity contribution in [1.82, 2.24) is 10.2 Å². The molecule has 0 radical (unpaired) electrons. The van der Waals surface area contributed by atoms with E-state index in [1.807, 2.05) is 6.92 Å². The molecule has 118 valence electrons. The Morgan fingerprint density at radius 2 is 2.24 bits per heavy atom. The number of carbonyl (C=O) groups excluding carboxylic acids is 1. The lowest BCUT2D eigenvalue weighted by molar-refractivity contribution is -0.139. The number of hydrogen-bond acceptors (Lipinski definition) is 3. The molecule has 1 heterocycles. The Kier molecular flexibility index (Phi) is 6.92. The Hall–Kier alpha value is -1.33. The van der Waals surface area contributed by atoms with Gasteiger partial charge in [-0.05, 0) is 31.5 Å². The first-order chi connectivity index (χ1) is 9.63. The van der Waals surface area contributed by atoms with Crippen molar-refractivity contribution in [1.29, 1.82) is 0 Å². The minimum absolute atomic E-state index is 0. The molecular formula is C15H22ClFN2O2. The molecule has 6 heteroatoms. The summed E-state index contributed by atoms with van der Waals surface area (Å²) in [5.41, 5.74) is 0. The first-order valence-electron chi connectivity index (χ1n) is 7.02. The highest BCUT2D eigenvalue weighted by Crippen LogP contribution is 2.19. The minimum Gasteiger partial charge on any atom is -0.478 e. The molecule has 1 aromatic rings. The van der Waals surface area contributed by atoms with E-state index < -0.39 is 11.9 Å². The molecule has 1 fully saturated rings. The molecule has 1 aliphatic rings. The fraction of sp³-hybridized carbons (Fsp3) is 0.533. The van der Waals surface area contributed by atoms with Crippen LogP contribution in [0.5, 0.6) is 5.75 Å². The van der Waals surface area contributed by atoms with Crippen molar-refractivity contribution >= 4 is 18.3 Å². The summed E-state index contributed by atoms with van der Waals surface area (Å²) >= 11 is 0. The highest BCUT2D eigenvalue weighted by molar-refractivity contribution is 5.85. The summed E-state index contributed by atoms with van der Waals surface area (Å²) in [7, 11) is 1.79. The van der Waals surface area contributed by atoms with Gasteiger partial charge in [-0.1, -0.05) is 19.1 Å². The lowest BCUT2D eigenvalue weighted by Gasteiger charge is -2.28. The molecule has 2 unspecified atom stereocenters. The molecule has 1 N–H and O–H groups in total. The summed E-state index contributed by atoms with van der Waals surface area (Å²) < 4.78 is 19.1. The molecule has 1 aromatic carbocycles. The maximum atomic E-state index is 13.6. The highest BCUT2D eigenvalue weighted by atomic mass is 35.5. The van der Waals surface area contributed by atoms with Crippen LogP contribution >= 0.6 is 12.4 Å². The van der Waals surface area contributed by atoms with Crippen LogP contribution in [0.1, 0.15) is 19.8 Å². The van der Waals surface area contributed by atoms with Gasteiger partial charge in [0, 0.05) is 19.6 Å². The molecule has 0 aromatic heterocycles. The molecule has 1 amide bonds. The van der Waals surface area contributed by atoms with E-state index in [4.69, 9.17) is 4.74 Å². The topological polar surface area (TPSA) is 41.6 Å². The maximum absolute atomic E-state index is 13.6. The molecule has 0 aliphatic carbocycles. The third kappa shape index (κ3) is 4.32. The van der Waals surface area contributed by atoms with Crippen molar-refractivity contribution in [3.05, 3.63) is 30.1 Å². The van der Waals surface area contributed by atoms with Crippen LogP contribution < -0.4 is 10.1 Å². The number of likely N-dealkylation sites (N-methyl/N-ethyl adjacent to an activating group) is 1. The predicted octanol–water partition coefficient (Wildman–Crippen LogP) is 2.23. The predicted molar refractivity (Wildman–Crippen MR) is 82.4 cm³/mol. The Morgan fingerprint density at radius 1 is 1.52 bits per heavy atom. The van der Waals surface area contributed by atoms with Gasteiger partial charge >= 0.3 is 0 Å². The summed E-state index contributed by atoms with van der Waals surface area (Å²) in [6.07, 6.45) is 0.813. The highest BCUT2D eigenvalue weighted by Gasteiger charge is 2.29. The number of carbonyl (C=O) groups is 1. The summed E-state index contributed by atoms with van der Waals surface area (Å²) in [6.45, 7) is 3.59. The zero-order chi connectivity index (χ0) is 14.5. The Morgan fingerprint density at radius 3 is 2.81 bits per heavy atom. The lowest BCUT2D eigenvalue weighted by Crippen LogP contribution is -2.45. The van der Waals surface area contributed by atoms with Crippen LogP contribution in [0, 0.1) is 5.82 Å². The number of hydrogen-bond donors (Lipinski definition) is 1. The van der Waals surface area contributed by atoms with E-state index in [9.17, 15) is 9.18 Å². The van der Waals surface area contributed by atoms with Crippen molar-refractivity contribution in [2.45, 2.75) is 31.9 Å². The van der Waals surface area contributed by atoms with Gasteiger partial charge in [-0.3, -0.25) is 4.79 Å². The second kappa shape index (κ2) is 8.20. The molecule has 1 saturated heterocycles. The summed E-state index contributed by atoms with van der Waals surface area (Å²) in [5, 5.41) is 3.23. The van der Waals surface area contributed by atoms with Crippen LogP contribution in [-0.4, -0.2) is 43.1 Å². The average molecular weight is 317 g/mol. The van der Waals surface area contributed by atoms with Gasteiger partial charge in [0.25, 0.3) is 5.91 Å². The molecular weight excluding hydrogens is 295 g/mol. The zero-order valence-corrected chi connectivity index (χ0v) is 13.2. The number of nitrogens with one attached hydrogen (secondary N) is 1. The van der Waals surface area contributed by atoms with E-state index in [1.165, 1.54) is 6.07 Å². The number of rotatable bonds is 5. The average Bonchev–Trinajstić information content (AvgIpc) is 2.99. The number of halogens is 2. The first kappa shape index (κ1) is 17.7. The third-order valence-electron chi connectivity index (χ3n) is 3.68. The Balaban J connectivity index is 0.00000220. The van der Waals surface area contributed by atoms with Crippen LogP contribution in [0.3, 0.4) is 0 Å². The fourth-order valence-electron chi connectivity index (χ4n) is 2.38. The normalized spacial score (nSPS) is 18.7. The van der Waals surface area contributed by atoms with Gasteiger partial charge in [0.1, 0.15) is 0 Å². The van der Waals surface area contributed by atoms with Crippen LogP contribution in [0.25, 0.3) is 0 Å². The SMILES string of the molecule is CCC(Oc1ccccc1F)C(=O)N(C)C1CCNC1.Cl. The third-order valence-corrected chi connectivity index (χ3v) is 3.68. The van der Waals surface area contributed by atoms with Crippen molar-refractivity contribution < 1.29 is 13.9 Å². The van der Waals surface area contributed by atoms with Crippen LogP contribution in [-0.2, 0) is 4.79 Å². The number of para-hydroxylation sites is 1. The number of benzene rings is 1. The monoisotopic (exact) mass is 316 g/mol. The van der Waals surface area contributed by atoms with Crippen molar-refractivity contribution in [3.8, 4) is 5.75 Å². The summed E-state index contributed by atoms with van der Waals surface area (Å²) in [6, 6.07) is 6.36. The van der Waals surface area contributed by atoms with Gasteiger partial charge in [-0.2, -0.15) is 0 Å². The second-order valence-corrected chi connectivity index (χ2v) is 5.04. The largest absolute Gasteiger partial charge is 0.478 e. The Bertz CT molecular complexity index is 467. The number of amides is 1. The van der Waals surface area contributed by atoms with Crippen LogP contribution in [0.4, 0.5) is 4.39 Å². The van der Waals surface area contributed by atoms with Gasteiger partial charge in [0.15, 0.2) is 17.7 Å². The molecule has 1 aliphatic heterocycles. The van der Waals surface area contributed by atoms with Crippen LogP contribution in [0.15, 0.2) is 24.3 Å². The molecule has 0 spiro atoms. The van der Waals surface area contributed by atoms with E-state index in [0.717, 1.165) is 19.5 Å².